The van der Waals surface area contributed by atoms with Crippen LogP contribution in [0.25, 0.3) is 0 Å². The van der Waals surface area contributed by atoms with Gasteiger partial charge >= 0.3 is 0 Å². The summed E-state index contributed by atoms with van der Waals surface area (Å²) in [6.45, 7) is 3.49. The zero-order valence-electron chi connectivity index (χ0n) is 11.5. The van der Waals surface area contributed by atoms with Gasteiger partial charge in [-0.3, -0.25) is 15.0 Å². The van der Waals surface area contributed by atoms with Gasteiger partial charge in [0.05, 0.1) is 6.54 Å². The molecule has 3 rings (SSSR count). The molecule has 2 unspecified atom stereocenters. The molecule has 1 saturated carbocycles. The molecule has 1 saturated heterocycles. The lowest BCUT2D eigenvalue weighted by atomic mass is 10.2. The molecule has 2 heterocycles. The number of rotatable bonds is 5. The first-order chi connectivity index (χ1) is 9.16. The average molecular weight is 279 g/mol. The van der Waals surface area contributed by atoms with Crippen LogP contribution in [0.4, 0.5) is 0 Å². The third-order valence-electron chi connectivity index (χ3n) is 4.17. The van der Waals surface area contributed by atoms with Crippen molar-refractivity contribution in [2.45, 2.75) is 38.0 Å². The van der Waals surface area contributed by atoms with E-state index in [4.69, 9.17) is 0 Å². The van der Waals surface area contributed by atoms with Crippen molar-refractivity contribution in [1.82, 2.24) is 15.1 Å². The number of hydrogen-bond donors (Lipinski definition) is 1. The smallest absolute Gasteiger partial charge is 0.238 e. The quantitative estimate of drug-likeness (QED) is 0.890. The van der Waals surface area contributed by atoms with Crippen LogP contribution in [0.3, 0.4) is 0 Å². The molecule has 0 bridgehead atoms. The Hall–Kier alpha value is -0.910. The fourth-order valence-corrected chi connectivity index (χ4v) is 3.51. The summed E-state index contributed by atoms with van der Waals surface area (Å²) in [5, 5.41) is 5.38. The Morgan fingerprint density at radius 2 is 2.37 bits per heavy atom. The van der Waals surface area contributed by atoms with Crippen LogP contribution in [0.5, 0.6) is 0 Å². The molecule has 1 aliphatic heterocycles. The van der Waals surface area contributed by atoms with Crippen LogP contribution in [0.2, 0.25) is 0 Å². The number of hydrogen-bond acceptors (Lipinski definition) is 4. The number of nitrogens with zero attached hydrogens (tertiary/aromatic N) is 2. The lowest BCUT2D eigenvalue weighted by Gasteiger charge is -2.31. The summed E-state index contributed by atoms with van der Waals surface area (Å²) in [7, 11) is 2.18. The Balaban J connectivity index is 1.68. The highest BCUT2D eigenvalue weighted by Crippen LogP contribution is 2.30. The van der Waals surface area contributed by atoms with Gasteiger partial charge in [-0.1, -0.05) is 6.07 Å². The van der Waals surface area contributed by atoms with Crippen LogP contribution in [0.1, 0.15) is 30.8 Å². The summed E-state index contributed by atoms with van der Waals surface area (Å²) >= 11 is 1.71. The summed E-state index contributed by atoms with van der Waals surface area (Å²) < 4.78 is 0. The van der Waals surface area contributed by atoms with Crippen LogP contribution >= 0.6 is 11.3 Å². The Labute approximate surface area is 118 Å². The van der Waals surface area contributed by atoms with Gasteiger partial charge < -0.3 is 4.90 Å². The zero-order valence-corrected chi connectivity index (χ0v) is 12.3. The van der Waals surface area contributed by atoms with E-state index in [1.54, 1.807) is 11.3 Å². The lowest BCUT2D eigenvalue weighted by molar-refractivity contribution is -0.128. The average Bonchev–Trinajstić information content (AvgIpc) is 3.00. The topological polar surface area (TPSA) is 35.6 Å². The van der Waals surface area contributed by atoms with Crippen LogP contribution in [-0.2, 0) is 4.79 Å². The molecule has 4 nitrogen and oxygen atoms in total. The second kappa shape index (κ2) is 5.23. The fraction of sp³-hybridized carbons (Fsp3) is 0.643. The van der Waals surface area contributed by atoms with Gasteiger partial charge in [-0.15, -0.1) is 11.3 Å². The minimum atomic E-state index is 0.0718. The summed E-state index contributed by atoms with van der Waals surface area (Å²) in [5.41, 5.74) is 0. The number of carbonyl (C=O) groups is 1. The number of nitrogens with one attached hydrogen (secondary N) is 1. The Morgan fingerprint density at radius 3 is 3.00 bits per heavy atom. The predicted octanol–water partition coefficient (Wildman–Crippen LogP) is 1.66. The van der Waals surface area contributed by atoms with Crippen molar-refractivity contribution in [2.75, 3.05) is 20.1 Å². The third-order valence-corrected chi connectivity index (χ3v) is 5.10. The van der Waals surface area contributed by atoms with Gasteiger partial charge in [0.25, 0.3) is 0 Å². The molecule has 1 aromatic rings. The summed E-state index contributed by atoms with van der Waals surface area (Å²) in [4.78, 5) is 17.7. The van der Waals surface area contributed by atoms with Crippen molar-refractivity contribution in [1.29, 1.82) is 0 Å². The standard InChI is InChI=1S/C14H21N3OS/c1-10(16(2)11-5-6-11)9-17-13(18)8-15-14(17)12-4-3-7-19-12/h3-4,7,10-11,14-15H,5-6,8-9H2,1-2H3. The molecule has 0 spiro atoms. The van der Waals surface area contributed by atoms with Crippen LogP contribution in [0, 0.1) is 0 Å². The second-order valence-corrected chi connectivity index (χ2v) is 6.57. The largest absolute Gasteiger partial charge is 0.319 e. The van der Waals surface area contributed by atoms with E-state index in [9.17, 15) is 4.79 Å². The number of likely N-dealkylation sites (N-methyl/N-ethyl adjacent to an activating group) is 1. The Bertz CT molecular complexity index is 444. The zero-order chi connectivity index (χ0) is 13.4. The molecule has 0 radical (unpaired) electrons. The molecular weight excluding hydrogens is 258 g/mol. The highest BCUT2D eigenvalue weighted by Gasteiger charge is 2.36. The van der Waals surface area contributed by atoms with Gasteiger partial charge in [-0.25, -0.2) is 0 Å². The van der Waals surface area contributed by atoms with E-state index in [2.05, 4.69) is 35.6 Å². The maximum absolute atomic E-state index is 12.1. The van der Waals surface area contributed by atoms with Crippen molar-refractivity contribution in [3.8, 4) is 0 Å². The van der Waals surface area contributed by atoms with Gasteiger partial charge in [0.1, 0.15) is 6.17 Å². The summed E-state index contributed by atoms with van der Waals surface area (Å²) in [5.74, 6) is 0.217. The fourth-order valence-electron chi connectivity index (χ4n) is 2.70. The molecule has 2 atom stereocenters. The van der Waals surface area contributed by atoms with Crippen LogP contribution < -0.4 is 5.32 Å². The van der Waals surface area contributed by atoms with E-state index < -0.39 is 0 Å². The second-order valence-electron chi connectivity index (χ2n) is 5.59. The first kappa shape index (κ1) is 13.1. The molecule has 104 valence electrons. The van der Waals surface area contributed by atoms with E-state index in [1.165, 1.54) is 17.7 Å². The van der Waals surface area contributed by atoms with Gasteiger partial charge in [0, 0.05) is 23.5 Å². The van der Waals surface area contributed by atoms with Crippen LogP contribution in [-0.4, -0.2) is 47.9 Å². The lowest BCUT2D eigenvalue weighted by Crippen LogP contribution is -2.43. The Kier molecular flexibility index (Phi) is 3.60. The highest BCUT2D eigenvalue weighted by atomic mass is 32.1. The predicted molar refractivity (Wildman–Crippen MR) is 77.0 cm³/mol. The van der Waals surface area contributed by atoms with E-state index in [-0.39, 0.29) is 12.1 Å². The van der Waals surface area contributed by atoms with Crippen molar-refractivity contribution in [2.24, 2.45) is 0 Å². The van der Waals surface area contributed by atoms with Crippen molar-refractivity contribution in [3.05, 3.63) is 22.4 Å². The highest BCUT2D eigenvalue weighted by molar-refractivity contribution is 7.10. The number of amides is 1. The van der Waals surface area contributed by atoms with E-state index in [0.717, 1.165) is 12.6 Å². The van der Waals surface area contributed by atoms with E-state index >= 15 is 0 Å². The van der Waals surface area contributed by atoms with Crippen molar-refractivity contribution < 1.29 is 4.79 Å². The summed E-state index contributed by atoms with van der Waals surface area (Å²) in [6.07, 6.45) is 2.69. The van der Waals surface area contributed by atoms with Crippen molar-refractivity contribution in [3.63, 3.8) is 0 Å². The molecule has 1 N–H and O–H groups in total. The van der Waals surface area contributed by atoms with Crippen LogP contribution in [0.15, 0.2) is 17.5 Å². The third kappa shape index (κ3) is 2.68. The van der Waals surface area contributed by atoms with Gasteiger partial charge in [-0.2, -0.15) is 0 Å². The molecule has 1 aromatic heterocycles. The van der Waals surface area contributed by atoms with E-state index in [0.29, 0.717) is 12.6 Å². The molecule has 0 aromatic carbocycles. The number of thiophene rings is 1. The SMILES string of the molecule is CC(CN1C(=O)CNC1c1cccs1)N(C)C1CC1. The molecule has 2 fully saturated rings. The molecular formula is C14H21N3OS. The maximum Gasteiger partial charge on any atom is 0.238 e. The minimum Gasteiger partial charge on any atom is -0.319 e. The molecule has 19 heavy (non-hydrogen) atoms. The van der Waals surface area contributed by atoms with Crippen molar-refractivity contribution >= 4 is 17.2 Å². The summed E-state index contributed by atoms with van der Waals surface area (Å²) in [6, 6.07) is 5.30. The van der Waals surface area contributed by atoms with Gasteiger partial charge in [-0.05, 0) is 38.3 Å². The van der Waals surface area contributed by atoms with Gasteiger partial charge in [0.2, 0.25) is 5.91 Å². The molecule has 1 aliphatic carbocycles. The Morgan fingerprint density at radius 1 is 1.58 bits per heavy atom. The monoisotopic (exact) mass is 279 g/mol. The normalized spacial score (nSPS) is 25.3. The maximum atomic E-state index is 12.1. The molecule has 5 heteroatoms. The molecule has 2 aliphatic rings. The molecule has 1 amide bonds. The van der Waals surface area contributed by atoms with Gasteiger partial charge in [0.15, 0.2) is 0 Å². The minimum absolute atomic E-state index is 0.0718. The van der Waals surface area contributed by atoms with E-state index in [1.807, 2.05) is 11.0 Å². The number of carbonyl (C=O) groups excluding carboxylic acids is 1. The first-order valence-corrected chi connectivity index (χ1v) is 7.83. The first-order valence-electron chi connectivity index (χ1n) is 6.95.